The van der Waals surface area contributed by atoms with Gasteiger partial charge in [0.15, 0.2) is 14.9 Å². The van der Waals surface area contributed by atoms with E-state index in [9.17, 15) is 8.42 Å². The van der Waals surface area contributed by atoms with Crippen LogP contribution in [0.3, 0.4) is 0 Å². The van der Waals surface area contributed by atoms with Crippen molar-refractivity contribution in [2.75, 3.05) is 11.6 Å². The molecule has 1 N–H and O–H groups in total. The van der Waals surface area contributed by atoms with E-state index in [1.807, 2.05) is 20.8 Å². The van der Waals surface area contributed by atoms with Crippen molar-refractivity contribution >= 4 is 27.4 Å². The van der Waals surface area contributed by atoms with Crippen LogP contribution < -0.4 is 5.32 Å². The number of nitrogens with one attached hydrogen (secondary N) is 1. The average Bonchev–Trinajstić information content (AvgIpc) is 2.04. The van der Waals surface area contributed by atoms with E-state index in [1.54, 1.807) is 0 Å². The van der Waals surface area contributed by atoms with E-state index in [1.165, 1.54) is 6.20 Å². The lowest BCUT2D eigenvalue weighted by atomic mass is 10.1. The van der Waals surface area contributed by atoms with Gasteiger partial charge in [0.1, 0.15) is 0 Å². The predicted octanol–water partition coefficient (Wildman–Crippen LogP) is 1.74. The number of sulfone groups is 1. The van der Waals surface area contributed by atoms with Crippen LogP contribution in [0, 0.1) is 0 Å². The number of rotatable bonds is 2. The highest BCUT2D eigenvalue weighted by atomic mass is 35.5. The van der Waals surface area contributed by atoms with Gasteiger partial charge >= 0.3 is 0 Å². The van der Waals surface area contributed by atoms with Gasteiger partial charge in [-0.3, -0.25) is 0 Å². The van der Waals surface area contributed by atoms with E-state index in [-0.39, 0.29) is 21.5 Å². The lowest BCUT2D eigenvalue weighted by Gasteiger charge is -2.20. The summed E-state index contributed by atoms with van der Waals surface area (Å²) in [5.74, 6) is 0.248. The minimum atomic E-state index is -3.43. The number of nitrogens with zero attached hydrogens (tertiary/aromatic N) is 2. The van der Waals surface area contributed by atoms with Gasteiger partial charge < -0.3 is 5.32 Å². The van der Waals surface area contributed by atoms with Crippen molar-refractivity contribution in [1.29, 1.82) is 0 Å². The first kappa shape index (κ1) is 13.2. The first-order chi connectivity index (χ1) is 7.09. The monoisotopic (exact) mass is 263 g/mol. The number of aromatic nitrogens is 2. The highest BCUT2D eigenvalue weighted by Crippen LogP contribution is 2.20. The lowest BCUT2D eigenvalue weighted by Crippen LogP contribution is -2.27. The smallest absolute Gasteiger partial charge is 0.224 e. The first-order valence-corrected chi connectivity index (χ1v) is 6.87. The minimum Gasteiger partial charge on any atom is -0.350 e. The molecule has 0 aliphatic carbocycles. The summed E-state index contributed by atoms with van der Waals surface area (Å²) in [6, 6.07) is 0. The van der Waals surface area contributed by atoms with E-state index in [2.05, 4.69) is 15.3 Å². The molecule has 0 unspecified atom stereocenters. The van der Waals surface area contributed by atoms with Crippen molar-refractivity contribution in [3.63, 3.8) is 0 Å². The first-order valence-electron chi connectivity index (χ1n) is 4.60. The minimum absolute atomic E-state index is 0.0296. The normalized spacial score (nSPS) is 12.6. The maximum atomic E-state index is 11.4. The van der Waals surface area contributed by atoms with Crippen LogP contribution >= 0.6 is 11.6 Å². The molecule has 0 amide bonds. The zero-order chi connectivity index (χ0) is 12.6. The second kappa shape index (κ2) is 4.18. The van der Waals surface area contributed by atoms with Crippen molar-refractivity contribution in [3.05, 3.63) is 11.2 Å². The summed E-state index contributed by atoms with van der Waals surface area (Å²) < 4.78 is 22.7. The standard InChI is InChI=1S/C9H14ClN3O2S/c1-9(2,3)13-8-11-5-6(10)7(12-8)16(4,14)15/h5H,1-4H3,(H,11,12,13). The molecular formula is C9H14ClN3O2S. The zero-order valence-corrected chi connectivity index (χ0v) is 11.1. The molecule has 0 aliphatic rings. The van der Waals surface area contributed by atoms with Crippen LogP contribution in [0.2, 0.25) is 5.02 Å². The molecule has 5 nitrogen and oxygen atoms in total. The summed E-state index contributed by atoms with van der Waals surface area (Å²) in [7, 11) is -3.43. The van der Waals surface area contributed by atoms with Crippen LogP contribution in [0.4, 0.5) is 5.95 Å². The van der Waals surface area contributed by atoms with Crippen LogP contribution in [0.5, 0.6) is 0 Å². The molecule has 0 saturated carbocycles. The topological polar surface area (TPSA) is 72.0 Å². The molecular weight excluding hydrogens is 250 g/mol. The molecule has 0 bridgehead atoms. The summed E-state index contributed by atoms with van der Waals surface area (Å²) in [4.78, 5) is 7.81. The van der Waals surface area contributed by atoms with Gasteiger partial charge in [-0.1, -0.05) is 11.6 Å². The van der Waals surface area contributed by atoms with Crippen molar-refractivity contribution in [2.45, 2.75) is 31.3 Å². The third kappa shape index (κ3) is 3.61. The third-order valence-electron chi connectivity index (χ3n) is 1.55. The van der Waals surface area contributed by atoms with Crippen molar-refractivity contribution in [3.8, 4) is 0 Å². The Morgan fingerprint density at radius 2 is 1.94 bits per heavy atom. The van der Waals surface area contributed by atoms with Gasteiger partial charge in [-0.05, 0) is 20.8 Å². The summed E-state index contributed by atoms with van der Waals surface area (Å²) in [6.45, 7) is 5.77. The summed E-state index contributed by atoms with van der Waals surface area (Å²) in [6.07, 6.45) is 2.33. The van der Waals surface area contributed by atoms with Crippen molar-refractivity contribution in [1.82, 2.24) is 9.97 Å². The Bertz CT molecular complexity index is 494. The van der Waals surface area contributed by atoms with Crippen LogP contribution in [0.15, 0.2) is 11.2 Å². The molecule has 0 aliphatic heterocycles. The second-order valence-corrected chi connectivity index (χ2v) is 6.83. The highest BCUT2D eigenvalue weighted by Gasteiger charge is 2.18. The van der Waals surface area contributed by atoms with E-state index in [0.29, 0.717) is 0 Å². The Labute approximate surface area is 100 Å². The van der Waals surface area contributed by atoms with Crippen LogP contribution in [0.1, 0.15) is 20.8 Å². The van der Waals surface area contributed by atoms with E-state index in [4.69, 9.17) is 11.6 Å². The fourth-order valence-corrected chi connectivity index (χ4v) is 2.18. The van der Waals surface area contributed by atoms with Crippen LogP contribution in [-0.4, -0.2) is 30.2 Å². The Morgan fingerprint density at radius 1 is 1.38 bits per heavy atom. The van der Waals surface area contributed by atoms with Gasteiger partial charge in [0.05, 0.1) is 11.2 Å². The zero-order valence-electron chi connectivity index (χ0n) is 9.57. The van der Waals surface area contributed by atoms with Crippen LogP contribution in [0.25, 0.3) is 0 Å². The van der Waals surface area contributed by atoms with Gasteiger partial charge in [0.2, 0.25) is 5.95 Å². The molecule has 0 radical (unpaired) electrons. The van der Waals surface area contributed by atoms with E-state index >= 15 is 0 Å². The Kier molecular flexibility index (Phi) is 3.44. The average molecular weight is 264 g/mol. The Morgan fingerprint density at radius 3 is 2.38 bits per heavy atom. The molecule has 1 aromatic heterocycles. The van der Waals surface area contributed by atoms with E-state index in [0.717, 1.165) is 6.26 Å². The van der Waals surface area contributed by atoms with Gasteiger partial charge in [0.25, 0.3) is 0 Å². The molecule has 1 rings (SSSR count). The quantitative estimate of drug-likeness (QED) is 0.823. The van der Waals surface area contributed by atoms with Gasteiger partial charge in [-0.15, -0.1) is 0 Å². The third-order valence-corrected chi connectivity index (χ3v) is 2.95. The van der Waals surface area contributed by atoms with E-state index < -0.39 is 9.84 Å². The fourth-order valence-electron chi connectivity index (χ4n) is 1.01. The highest BCUT2D eigenvalue weighted by molar-refractivity contribution is 7.90. The predicted molar refractivity (Wildman–Crippen MR) is 63.5 cm³/mol. The Balaban J connectivity index is 3.19. The molecule has 0 saturated heterocycles. The molecule has 16 heavy (non-hydrogen) atoms. The molecule has 0 fully saturated rings. The lowest BCUT2D eigenvalue weighted by molar-refractivity contribution is 0.595. The second-order valence-electron chi connectivity index (χ2n) is 4.49. The van der Waals surface area contributed by atoms with Crippen molar-refractivity contribution in [2.24, 2.45) is 0 Å². The largest absolute Gasteiger partial charge is 0.350 e. The Hall–Kier alpha value is -0.880. The fraction of sp³-hybridized carbons (Fsp3) is 0.556. The molecule has 0 aromatic carbocycles. The number of anilines is 1. The van der Waals surface area contributed by atoms with Crippen LogP contribution in [-0.2, 0) is 9.84 Å². The maximum Gasteiger partial charge on any atom is 0.224 e. The molecule has 1 aromatic rings. The molecule has 0 atom stereocenters. The number of halogens is 1. The summed E-state index contributed by atoms with van der Waals surface area (Å²) in [5, 5.41) is 2.85. The van der Waals surface area contributed by atoms with Gasteiger partial charge in [0, 0.05) is 11.8 Å². The van der Waals surface area contributed by atoms with Crippen molar-refractivity contribution < 1.29 is 8.42 Å². The molecule has 90 valence electrons. The number of hydrogen-bond donors (Lipinski definition) is 1. The summed E-state index contributed by atoms with van der Waals surface area (Å²) >= 11 is 5.72. The molecule has 7 heteroatoms. The maximum absolute atomic E-state index is 11.4. The SMILES string of the molecule is CC(C)(C)Nc1ncc(Cl)c(S(C)(=O)=O)n1. The summed E-state index contributed by atoms with van der Waals surface area (Å²) in [5.41, 5.74) is -0.247. The number of hydrogen-bond acceptors (Lipinski definition) is 5. The molecule has 0 spiro atoms. The van der Waals surface area contributed by atoms with Gasteiger partial charge in [-0.25, -0.2) is 13.4 Å². The molecule has 1 heterocycles. The van der Waals surface area contributed by atoms with Gasteiger partial charge in [-0.2, -0.15) is 4.98 Å².